The first-order chi connectivity index (χ1) is 17.7. The number of nitrogens with zero attached hydrogens (tertiary/aromatic N) is 3. The summed E-state index contributed by atoms with van der Waals surface area (Å²) in [7, 11) is 0. The van der Waals surface area contributed by atoms with Gasteiger partial charge in [0.05, 0.1) is 0 Å². The number of amides is 4. The number of halogens is 2. The van der Waals surface area contributed by atoms with E-state index in [0.29, 0.717) is 43.1 Å². The minimum absolute atomic E-state index is 0.126. The van der Waals surface area contributed by atoms with Crippen LogP contribution in [0.3, 0.4) is 0 Å². The van der Waals surface area contributed by atoms with E-state index in [9.17, 15) is 23.2 Å². The molecular weight excluding hydrogens is 480 g/mol. The number of hydrogen-bond donors (Lipinski definition) is 2. The molecule has 1 saturated heterocycles. The Morgan fingerprint density at radius 2 is 1.65 bits per heavy atom. The van der Waals surface area contributed by atoms with E-state index < -0.39 is 23.1 Å². The van der Waals surface area contributed by atoms with Crippen molar-refractivity contribution >= 4 is 29.2 Å². The van der Waals surface area contributed by atoms with Gasteiger partial charge in [-0.25, -0.2) is 18.6 Å². The van der Waals surface area contributed by atoms with Crippen LogP contribution in [0.4, 0.5) is 19.3 Å². The average molecular weight is 512 g/mol. The first-order valence-corrected chi connectivity index (χ1v) is 12.4. The number of aliphatic imine (C=N–C) groups is 1. The molecule has 0 bridgehead atoms. The van der Waals surface area contributed by atoms with E-state index in [1.165, 1.54) is 6.07 Å². The highest BCUT2D eigenvalue weighted by Crippen LogP contribution is 2.21. The zero-order valence-corrected chi connectivity index (χ0v) is 21.0. The summed E-state index contributed by atoms with van der Waals surface area (Å²) in [5.74, 6) is -2.90. The number of benzene rings is 2. The van der Waals surface area contributed by atoms with Crippen LogP contribution in [0.25, 0.3) is 0 Å². The molecule has 4 amide bonds. The van der Waals surface area contributed by atoms with Gasteiger partial charge in [0, 0.05) is 61.3 Å². The molecule has 2 aromatic rings. The summed E-state index contributed by atoms with van der Waals surface area (Å²) in [4.78, 5) is 44.5. The highest BCUT2D eigenvalue weighted by atomic mass is 19.1. The van der Waals surface area contributed by atoms with Crippen LogP contribution in [-0.2, 0) is 6.54 Å². The lowest BCUT2D eigenvalue weighted by atomic mass is 9.93. The van der Waals surface area contributed by atoms with Gasteiger partial charge < -0.3 is 15.5 Å². The molecule has 2 aliphatic rings. The molecule has 1 saturated carbocycles. The predicted octanol–water partition coefficient (Wildman–Crippen LogP) is 4.22. The Bertz CT molecular complexity index is 1200. The highest BCUT2D eigenvalue weighted by Gasteiger charge is 2.25. The first-order valence-electron chi connectivity index (χ1n) is 12.4. The van der Waals surface area contributed by atoms with Gasteiger partial charge in [-0.2, -0.15) is 0 Å². The lowest BCUT2D eigenvalue weighted by Crippen LogP contribution is -2.48. The van der Waals surface area contributed by atoms with E-state index in [0.717, 1.165) is 25.3 Å². The Balaban J connectivity index is 1.31. The van der Waals surface area contributed by atoms with E-state index in [2.05, 4.69) is 15.6 Å². The molecule has 2 N–H and O–H groups in total. The number of anilines is 1. The van der Waals surface area contributed by atoms with Crippen molar-refractivity contribution in [1.82, 2.24) is 15.1 Å². The second-order valence-corrected chi connectivity index (χ2v) is 9.63. The zero-order chi connectivity index (χ0) is 26.5. The van der Waals surface area contributed by atoms with Crippen molar-refractivity contribution < 1.29 is 23.2 Å². The van der Waals surface area contributed by atoms with Gasteiger partial charge in [-0.05, 0) is 63.4 Å². The molecule has 10 heteroatoms. The summed E-state index contributed by atoms with van der Waals surface area (Å²) in [6.07, 6.45) is 3.14. The van der Waals surface area contributed by atoms with Gasteiger partial charge in [0.2, 0.25) is 0 Å². The lowest BCUT2D eigenvalue weighted by Gasteiger charge is -2.35. The van der Waals surface area contributed by atoms with Crippen molar-refractivity contribution in [2.75, 3.05) is 31.5 Å². The maximum Gasteiger partial charge on any atom is 0.319 e. The molecule has 1 aliphatic carbocycles. The number of urea groups is 1. The summed E-state index contributed by atoms with van der Waals surface area (Å²) in [5, 5.41) is 5.68. The Hall–Kier alpha value is -3.66. The molecule has 8 nitrogen and oxygen atoms in total. The molecule has 2 aromatic carbocycles. The maximum absolute atomic E-state index is 15.0. The third kappa shape index (κ3) is 6.56. The van der Waals surface area contributed by atoms with Crippen molar-refractivity contribution in [3.05, 3.63) is 64.7 Å². The third-order valence-corrected chi connectivity index (χ3v) is 6.59. The molecule has 2 fully saturated rings. The summed E-state index contributed by atoms with van der Waals surface area (Å²) < 4.78 is 29.1. The van der Waals surface area contributed by atoms with Crippen LogP contribution in [0.2, 0.25) is 0 Å². The van der Waals surface area contributed by atoms with E-state index in [1.54, 1.807) is 43.0 Å². The fraction of sp³-hybridized carbons (Fsp3) is 0.407. The third-order valence-electron chi connectivity index (χ3n) is 6.59. The van der Waals surface area contributed by atoms with Crippen LogP contribution in [0.5, 0.6) is 0 Å². The molecule has 1 heterocycles. The van der Waals surface area contributed by atoms with Crippen molar-refractivity contribution in [3.8, 4) is 0 Å². The second-order valence-electron chi connectivity index (χ2n) is 9.63. The SMILES string of the molecule is CC(C)=NC(=O)c1c(F)ccc(CN2CCN(C(=O)c3ccc(NC(=O)NC4CCC4)cc3)CC2)c1F. The van der Waals surface area contributed by atoms with Gasteiger partial charge >= 0.3 is 6.03 Å². The lowest BCUT2D eigenvalue weighted by molar-refractivity contribution is 0.0626. The molecule has 0 radical (unpaired) electrons. The van der Waals surface area contributed by atoms with Gasteiger partial charge in [-0.3, -0.25) is 14.5 Å². The van der Waals surface area contributed by atoms with Crippen molar-refractivity contribution in [2.45, 2.75) is 45.7 Å². The summed E-state index contributed by atoms with van der Waals surface area (Å²) in [6.45, 7) is 5.23. The highest BCUT2D eigenvalue weighted by molar-refractivity contribution is 6.03. The molecule has 0 aromatic heterocycles. The smallest absolute Gasteiger partial charge is 0.319 e. The summed E-state index contributed by atoms with van der Waals surface area (Å²) in [6, 6.07) is 9.17. The summed E-state index contributed by atoms with van der Waals surface area (Å²) >= 11 is 0. The maximum atomic E-state index is 15.0. The fourth-order valence-corrected chi connectivity index (χ4v) is 4.31. The van der Waals surface area contributed by atoms with Gasteiger partial charge in [0.1, 0.15) is 17.2 Å². The monoisotopic (exact) mass is 511 g/mol. The molecule has 0 spiro atoms. The van der Waals surface area contributed by atoms with E-state index in [-0.39, 0.29) is 30.1 Å². The standard InChI is InChI=1S/C27H31F2N5O3/c1-17(2)30-25(35)23-22(28)11-8-19(24(23)29)16-33-12-14-34(15-13-33)26(36)18-6-9-21(10-7-18)32-27(37)31-20-4-3-5-20/h6-11,20H,3-5,12-16H2,1-2H3,(H2,31,32,37). The molecule has 1 aliphatic heterocycles. The number of nitrogens with one attached hydrogen (secondary N) is 2. The van der Waals surface area contributed by atoms with E-state index in [4.69, 9.17) is 0 Å². The van der Waals surface area contributed by atoms with Crippen LogP contribution in [0.15, 0.2) is 41.4 Å². The minimum atomic E-state index is -0.938. The molecule has 0 atom stereocenters. The van der Waals surface area contributed by atoms with Gasteiger partial charge in [0.15, 0.2) is 0 Å². The number of carbonyl (C=O) groups excluding carboxylic acids is 3. The zero-order valence-electron chi connectivity index (χ0n) is 21.0. The van der Waals surface area contributed by atoms with Gasteiger partial charge in [-0.15, -0.1) is 0 Å². The van der Waals surface area contributed by atoms with Crippen LogP contribution < -0.4 is 10.6 Å². The minimum Gasteiger partial charge on any atom is -0.336 e. The van der Waals surface area contributed by atoms with Crippen LogP contribution in [0.1, 0.15) is 59.4 Å². The van der Waals surface area contributed by atoms with E-state index in [1.807, 2.05) is 4.90 Å². The molecule has 0 unspecified atom stereocenters. The Morgan fingerprint density at radius 1 is 0.973 bits per heavy atom. The second kappa shape index (κ2) is 11.6. The van der Waals surface area contributed by atoms with Gasteiger partial charge in [-0.1, -0.05) is 6.07 Å². The largest absolute Gasteiger partial charge is 0.336 e. The molecular formula is C27H31F2N5O3. The van der Waals surface area contributed by atoms with Crippen molar-refractivity contribution in [1.29, 1.82) is 0 Å². The molecule has 196 valence electrons. The quantitative estimate of drug-likeness (QED) is 0.568. The number of rotatable bonds is 6. The first kappa shape index (κ1) is 26.4. The Morgan fingerprint density at radius 3 is 2.24 bits per heavy atom. The normalized spacial score (nSPS) is 16.1. The Labute approximate surface area is 214 Å². The van der Waals surface area contributed by atoms with E-state index >= 15 is 0 Å². The average Bonchev–Trinajstić information content (AvgIpc) is 2.83. The molecule has 4 rings (SSSR count). The van der Waals surface area contributed by atoms with Crippen molar-refractivity contribution in [2.24, 2.45) is 4.99 Å². The van der Waals surface area contributed by atoms with Crippen molar-refractivity contribution in [3.63, 3.8) is 0 Å². The van der Waals surface area contributed by atoms with Crippen LogP contribution >= 0.6 is 0 Å². The van der Waals surface area contributed by atoms with Gasteiger partial charge in [0.25, 0.3) is 11.8 Å². The number of hydrogen-bond acceptors (Lipinski definition) is 4. The van der Waals surface area contributed by atoms with Crippen LogP contribution in [0, 0.1) is 11.6 Å². The Kier molecular flexibility index (Phi) is 8.27. The fourth-order valence-electron chi connectivity index (χ4n) is 4.31. The number of piperazine rings is 1. The molecule has 37 heavy (non-hydrogen) atoms. The predicted molar refractivity (Wildman–Crippen MR) is 137 cm³/mol. The summed E-state index contributed by atoms with van der Waals surface area (Å²) in [5.41, 5.74) is 1.09. The van der Waals surface area contributed by atoms with Crippen LogP contribution in [-0.4, -0.2) is 65.6 Å². The number of carbonyl (C=O) groups is 3. The topological polar surface area (TPSA) is 94.1 Å².